The molecule has 2 heterocycles. The smallest absolute Gasteiger partial charge is 0.159 e. The Morgan fingerprint density at radius 1 is 1.08 bits per heavy atom. The molecule has 0 radical (unpaired) electrons. The van der Waals surface area contributed by atoms with Crippen LogP contribution in [0, 0.1) is 0 Å². The molecule has 1 aliphatic rings. The highest BCUT2D eigenvalue weighted by Crippen LogP contribution is 2.21. The molecule has 7 heteroatoms. The Bertz CT molecular complexity index is 848. The molecule has 0 spiro atoms. The molecule has 26 heavy (non-hydrogen) atoms. The summed E-state index contributed by atoms with van der Waals surface area (Å²) in [5.74, 6) is 1.82. The van der Waals surface area contributed by atoms with Crippen LogP contribution >= 0.6 is 11.8 Å². The van der Waals surface area contributed by atoms with Gasteiger partial charge in [-0.25, -0.2) is 20.8 Å². The first-order valence-electron chi connectivity index (χ1n) is 8.74. The molecule has 0 saturated carbocycles. The maximum Gasteiger partial charge on any atom is 0.159 e. The first-order valence-corrected chi connectivity index (χ1v) is 9.79. The SMILES string of the molecule is c1ccc2cc(-c3ncc(CNCCSC4CNNN4)cn3)ccc2c1. The predicted octanol–water partition coefficient (Wildman–Crippen LogP) is 2.06. The fraction of sp³-hybridized carbons (Fsp3) is 0.263. The number of nitrogens with one attached hydrogen (secondary N) is 4. The van der Waals surface area contributed by atoms with Gasteiger partial charge < -0.3 is 5.32 Å². The van der Waals surface area contributed by atoms with Gasteiger partial charge in [0.05, 0.1) is 5.37 Å². The molecule has 3 aromatic rings. The van der Waals surface area contributed by atoms with Crippen LogP contribution in [0.4, 0.5) is 0 Å². The molecule has 4 rings (SSSR count). The van der Waals surface area contributed by atoms with E-state index >= 15 is 0 Å². The van der Waals surface area contributed by atoms with Crippen molar-refractivity contribution >= 4 is 22.5 Å². The van der Waals surface area contributed by atoms with Gasteiger partial charge in [0.25, 0.3) is 0 Å². The van der Waals surface area contributed by atoms with Crippen molar-refractivity contribution in [3.05, 3.63) is 60.4 Å². The summed E-state index contributed by atoms with van der Waals surface area (Å²) in [5, 5.41) is 6.31. The Labute approximate surface area is 157 Å². The van der Waals surface area contributed by atoms with Gasteiger partial charge in [0, 0.05) is 48.9 Å². The summed E-state index contributed by atoms with van der Waals surface area (Å²) in [7, 11) is 0. The van der Waals surface area contributed by atoms with Gasteiger partial charge in [-0.1, -0.05) is 36.4 Å². The molecule has 6 nitrogen and oxygen atoms in total. The van der Waals surface area contributed by atoms with Crippen LogP contribution in [0.1, 0.15) is 5.56 Å². The van der Waals surface area contributed by atoms with Crippen molar-refractivity contribution in [2.45, 2.75) is 11.9 Å². The number of nitrogens with zero attached hydrogens (tertiary/aromatic N) is 2. The highest BCUT2D eigenvalue weighted by atomic mass is 32.2. The zero-order chi connectivity index (χ0) is 17.6. The molecule has 2 aromatic carbocycles. The Balaban J connectivity index is 1.29. The molecule has 1 saturated heterocycles. The topological polar surface area (TPSA) is 73.9 Å². The van der Waals surface area contributed by atoms with Gasteiger partial charge in [-0.05, 0) is 16.8 Å². The molecule has 1 unspecified atom stereocenters. The second-order valence-electron chi connectivity index (χ2n) is 6.16. The summed E-state index contributed by atoms with van der Waals surface area (Å²) in [4.78, 5) is 9.07. The van der Waals surface area contributed by atoms with Crippen molar-refractivity contribution in [2.24, 2.45) is 0 Å². The van der Waals surface area contributed by atoms with E-state index in [9.17, 15) is 0 Å². The lowest BCUT2D eigenvalue weighted by molar-refractivity contribution is 0.586. The zero-order valence-electron chi connectivity index (χ0n) is 14.4. The lowest BCUT2D eigenvalue weighted by Gasteiger charge is -2.09. The summed E-state index contributed by atoms with van der Waals surface area (Å²) in [6.45, 7) is 2.68. The van der Waals surface area contributed by atoms with Gasteiger partial charge in [0.15, 0.2) is 5.82 Å². The van der Waals surface area contributed by atoms with Crippen LogP contribution in [0.25, 0.3) is 22.2 Å². The Kier molecular flexibility index (Phi) is 5.73. The molecule has 134 valence electrons. The van der Waals surface area contributed by atoms with E-state index in [0.717, 1.165) is 42.3 Å². The average Bonchev–Trinajstić information content (AvgIpc) is 3.21. The molecule has 4 N–H and O–H groups in total. The van der Waals surface area contributed by atoms with E-state index in [1.165, 1.54) is 10.8 Å². The van der Waals surface area contributed by atoms with Gasteiger partial charge >= 0.3 is 0 Å². The van der Waals surface area contributed by atoms with Crippen LogP contribution in [0.3, 0.4) is 0 Å². The number of benzene rings is 2. The Hall–Kier alpha value is -2.03. The Morgan fingerprint density at radius 3 is 2.73 bits per heavy atom. The monoisotopic (exact) mass is 366 g/mol. The van der Waals surface area contributed by atoms with Crippen LogP contribution in [0.5, 0.6) is 0 Å². The number of hydrazine groups is 2. The quantitative estimate of drug-likeness (QED) is 0.477. The highest BCUT2D eigenvalue weighted by molar-refractivity contribution is 7.99. The number of hydrogen-bond acceptors (Lipinski definition) is 7. The fourth-order valence-electron chi connectivity index (χ4n) is 2.86. The third-order valence-electron chi connectivity index (χ3n) is 4.25. The van der Waals surface area contributed by atoms with Crippen molar-refractivity contribution < 1.29 is 0 Å². The second kappa shape index (κ2) is 8.57. The minimum atomic E-state index is 0.432. The average molecular weight is 366 g/mol. The normalized spacial score (nSPS) is 17.0. The third kappa shape index (κ3) is 4.38. The van der Waals surface area contributed by atoms with Crippen LogP contribution in [0.2, 0.25) is 0 Å². The van der Waals surface area contributed by atoms with Crippen molar-refractivity contribution in [2.75, 3.05) is 18.8 Å². The van der Waals surface area contributed by atoms with Gasteiger partial charge in [-0.3, -0.25) is 0 Å². The van der Waals surface area contributed by atoms with E-state index in [1.54, 1.807) is 0 Å². The van der Waals surface area contributed by atoms with Crippen molar-refractivity contribution in [3.8, 4) is 11.4 Å². The van der Waals surface area contributed by atoms with Gasteiger partial charge in [0.1, 0.15) is 0 Å². The van der Waals surface area contributed by atoms with E-state index in [0.29, 0.717) is 5.37 Å². The minimum Gasteiger partial charge on any atom is -0.312 e. The van der Waals surface area contributed by atoms with Crippen molar-refractivity contribution in [1.29, 1.82) is 0 Å². The standard InChI is InChI=1S/C19H22N6S/c1-2-4-16-9-17(6-5-15(16)3-1)19-21-11-14(12-22-19)10-20-7-8-26-18-13-23-25-24-18/h1-6,9,11-12,18,20,23-25H,7-8,10,13H2. The van der Waals surface area contributed by atoms with Crippen molar-refractivity contribution in [1.82, 2.24) is 31.7 Å². The van der Waals surface area contributed by atoms with E-state index < -0.39 is 0 Å². The molecule has 1 aromatic heterocycles. The molecule has 1 fully saturated rings. The largest absolute Gasteiger partial charge is 0.312 e. The highest BCUT2D eigenvalue weighted by Gasteiger charge is 2.12. The fourth-order valence-corrected chi connectivity index (χ4v) is 3.75. The van der Waals surface area contributed by atoms with Crippen LogP contribution in [0.15, 0.2) is 54.9 Å². The van der Waals surface area contributed by atoms with E-state index in [1.807, 2.05) is 24.2 Å². The maximum atomic E-state index is 4.53. The van der Waals surface area contributed by atoms with Gasteiger partial charge in [-0.2, -0.15) is 5.53 Å². The number of thioether (sulfide) groups is 1. The first-order chi connectivity index (χ1) is 12.9. The minimum absolute atomic E-state index is 0.432. The predicted molar refractivity (Wildman–Crippen MR) is 107 cm³/mol. The lowest BCUT2D eigenvalue weighted by Crippen LogP contribution is -2.32. The second-order valence-corrected chi connectivity index (χ2v) is 7.47. The molecule has 0 bridgehead atoms. The van der Waals surface area contributed by atoms with E-state index in [2.05, 4.69) is 74.1 Å². The number of aromatic nitrogens is 2. The molecule has 0 aliphatic carbocycles. The summed E-state index contributed by atoms with van der Waals surface area (Å²) in [6.07, 6.45) is 3.81. The summed E-state index contributed by atoms with van der Waals surface area (Å²) in [6, 6.07) is 14.7. The molecule has 1 aliphatic heterocycles. The number of rotatable bonds is 7. The first kappa shape index (κ1) is 17.4. The lowest BCUT2D eigenvalue weighted by atomic mass is 10.1. The zero-order valence-corrected chi connectivity index (χ0v) is 15.2. The third-order valence-corrected chi connectivity index (χ3v) is 5.38. The number of hydrogen-bond donors (Lipinski definition) is 4. The van der Waals surface area contributed by atoms with Crippen LogP contribution in [-0.2, 0) is 6.54 Å². The van der Waals surface area contributed by atoms with Gasteiger partial charge in [0.2, 0.25) is 0 Å². The van der Waals surface area contributed by atoms with E-state index in [4.69, 9.17) is 0 Å². The maximum absolute atomic E-state index is 4.53. The summed E-state index contributed by atoms with van der Waals surface area (Å²) in [5.41, 5.74) is 11.3. The summed E-state index contributed by atoms with van der Waals surface area (Å²) < 4.78 is 0. The summed E-state index contributed by atoms with van der Waals surface area (Å²) >= 11 is 1.89. The molecule has 0 amide bonds. The molecular formula is C19H22N6S. The molecule has 1 atom stereocenters. The Morgan fingerprint density at radius 2 is 1.92 bits per heavy atom. The van der Waals surface area contributed by atoms with Gasteiger partial charge in [-0.15, -0.1) is 11.8 Å². The van der Waals surface area contributed by atoms with Crippen LogP contribution in [-0.4, -0.2) is 34.2 Å². The number of fused-ring (bicyclic) bond motifs is 1. The molecular weight excluding hydrogens is 344 g/mol. The van der Waals surface area contributed by atoms with Crippen LogP contribution < -0.4 is 21.7 Å². The van der Waals surface area contributed by atoms with Crippen molar-refractivity contribution in [3.63, 3.8) is 0 Å². The van der Waals surface area contributed by atoms with E-state index in [-0.39, 0.29) is 0 Å².